The Morgan fingerprint density at radius 1 is 0.967 bits per heavy atom. The van der Waals surface area contributed by atoms with E-state index in [1.807, 2.05) is 19.9 Å². The van der Waals surface area contributed by atoms with Gasteiger partial charge in [-0.15, -0.1) is 0 Å². The van der Waals surface area contributed by atoms with Crippen molar-refractivity contribution in [3.63, 3.8) is 0 Å². The normalized spacial score (nSPS) is 30.9. The van der Waals surface area contributed by atoms with Gasteiger partial charge >= 0.3 is 0 Å². The van der Waals surface area contributed by atoms with Crippen molar-refractivity contribution >= 4 is 17.7 Å². The van der Waals surface area contributed by atoms with E-state index in [0.717, 1.165) is 25.7 Å². The molecule has 0 radical (unpaired) electrons. The fourth-order valence-electron chi connectivity index (χ4n) is 6.23. The molecule has 0 unspecified atom stereocenters. The van der Waals surface area contributed by atoms with E-state index in [-0.39, 0.29) is 29.1 Å². The fraction of sp³-hybridized carbons (Fsp3) is 0.625. The third kappa shape index (κ3) is 4.09. The first-order chi connectivity index (χ1) is 14.4. The smallest absolute Gasteiger partial charge is 0.261 e. The first kappa shape index (κ1) is 20.9. The van der Waals surface area contributed by atoms with Crippen LogP contribution in [0.2, 0.25) is 0 Å². The molecular formula is C24H33N3O3. The van der Waals surface area contributed by atoms with E-state index in [2.05, 4.69) is 16.2 Å². The van der Waals surface area contributed by atoms with E-state index in [1.165, 1.54) is 19.3 Å². The topological polar surface area (TPSA) is 87.3 Å². The van der Waals surface area contributed by atoms with Gasteiger partial charge in [-0.3, -0.25) is 25.2 Å². The Kier molecular flexibility index (Phi) is 5.85. The number of carbonyl (C=O) groups is 3. The molecule has 2 atom stereocenters. The number of rotatable bonds is 6. The minimum Gasteiger partial charge on any atom is -0.340 e. The number of hydrogen-bond donors (Lipinski definition) is 3. The molecule has 4 bridgehead atoms. The van der Waals surface area contributed by atoms with E-state index in [9.17, 15) is 14.4 Å². The molecular weight excluding hydrogens is 378 g/mol. The van der Waals surface area contributed by atoms with Crippen LogP contribution in [0.1, 0.15) is 69.2 Å². The molecule has 4 fully saturated rings. The van der Waals surface area contributed by atoms with Gasteiger partial charge in [-0.2, -0.15) is 0 Å². The number of hydrogen-bond acceptors (Lipinski definition) is 3. The average molecular weight is 412 g/mol. The highest BCUT2D eigenvalue weighted by molar-refractivity contribution is 5.98. The van der Waals surface area contributed by atoms with E-state index in [4.69, 9.17) is 0 Å². The minimum absolute atomic E-state index is 0.0489. The summed E-state index contributed by atoms with van der Waals surface area (Å²) in [6.45, 7) is 3.91. The molecule has 30 heavy (non-hydrogen) atoms. The van der Waals surface area contributed by atoms with Crippen molar-refractivity contribution in [2.75, 3.05) is 0 Å². The first-order valence-corrected chi connectivity index (χ1v) is 11.4. The lowest BCUT2D eigenvalue weighted by atomic mass is 9.49. The second-order valence-electron chi connectivity index (χ2n) is 9.84. The molecule has 6 nitrogen and oxygen atoms in total. The van der Waals surface area contributed by atoms with Gasteiger partial charge in [-0.25, -0.2) is 0 Å². The van der Waals surface area contributed by atoms with Gasteiger partial charge in [0.05, 0.1) is 5.41 Å². The lowest BCUT2D eigenvalue weighted by Gasteiger charge is -2.55. The molecule has 0 aromatic heterocycles. The van der Waals surface area contributed by atoms with Crippen molar-refractivity contribution in [1.29, 1.82) is 0 Å². The Morgan fingerprint density at radius 2 is 1.53 bits per heavy atom. The van der Waals surface area contributed by atoms with Crippen LogP contribution in [0.4, 0.5) is 0 Å². The second-order valence-corrected chi connectivity index (χ2v) is 9.84. The molecule has 1 aromatic carbocycles. The number of amides is 3. The van der Waals surface area contributed by atoms with E-state index in [0.29, 0.717) is 23.3 Å². The van der Waals surface area contributed by atoms with Crippen LogP contribution >= 0.6 is 0 Å². The summed E-state index contributed by atoms with van der Waals surface area (Å²) in [5.41, 5.74) is 5.54. The average Bonchev–Trinajstić information content (AvgIpc) is 2.74. The first-order valence-electron chi connectivity index (χ1n) is 11.4. The highest BCUT2D eigenvalue weighted by atomic mass is 16.2. The molecule has 5 rings (SSSR count). The zero-order valence-electron chi connectivity index (χ0n) is 17.9. The summed E-state index contributed by atoms with van der Waals surface area (Å²) in [6.07, 6.45) is 7.36. The van der Waals surface area contributed by atoms with Crippen LogP contribution in [0.5, 0.6) is 0 Å². The number of hydrazine groups is 1. The zero-order chi connectivity index (χ0) is 21.3. The largest absolute Gasteiger partial charge is 0.340 e. The van der Waals surface area contributed by atoms with Crippen molar-refractivity contribution in [2.24, 2.45) is 29.1 Å². The molecule has 3 N–H and O–H groups in total. The summed E-state index contributed by atoms with van der Waals surface area (Å²) in [4.78, 5) is 38.6. The van der Waals surface area contributed by atoms with Gasteiger partial charge in [0.25, 0.3) is 11.8 Å². The van der Waals surface area contributed by atoms with Crippen molar-refractivity contribution in [1.82, 2.24) is 16.2 Å². The Hall–Kier alpha value is -2.37. The quantitative estimate of drug-likeness (QED) is 0.628. The van der Waals surface area contributed by atoms with Crippen molar-refractivity contribution in [2.45, 2.75) is 64.8 Å². The molecule has 4 saturated carbocycles. The third-order valence-electron chi connectivity index (χ3n) is 7.64. The van der Waals surface area contributed by atoms with Gasteiger partial charge in [0.1, 0.15) is 6.04 Å². The van der Waals surface area contributed by atoms with E-state index >= 15 is 0 Å². The summed E-state index contributed by atoms with van der Waals surface area (Å²) in [7, 11) is 0. The summed E-state index contributed by atoms with van der Waals surface area (Å²) < 4.78 is 0. The molecule has 162 valence electrons. The molecule has 1 aromatic rings. The third-order valence-corrected chi connectivity index (χ3v) is 7.64. The Morgan fingerprint density at radius 3 is 2.07 bits per heavy atom. The maximum absolute atomic E-state index is 13.1. The van der Waals surface area contributed by atoms with Crippen molar-refractivity contribution in [3.8, 4) is 0 Å². The second kappa shape index (κ2) is 8.40. The molecule has 0 heterocycles. The summed E-state index contributed by atoms with van der Waals surface area (Å²) in [5.74, 6) is 1.22. The van der Waals surface area contributed by atoms with Gasteiger partial charge in [0, 0.05) is 5.56 Å². The summed E-state index contributed by atoms with van der Waals surface area (Å²) >= 11 is 0. The van der Waals surface area contributed by atoms with Crippen LogP contribution in [0.3, 0.4) is 0 Å². The molecule has 0 saturated heterocycles. The molecule has 6 heteroatoms. The highest BCUT2D eigenvalue weighted by Gasteiger charge is 2.54. The van der Waals surface area contributed by atoms with Gasteiger partial charge < -0.3 is 5.32 Å². The Bertz CT molecular complexity index is 772. The SMILES string of the molecule is CC[C@H](C)[C@H](NC(=O)c1ccccc1)C(=O)NNC(=O)C12CC3CC(CC(C3)C1)C2. The monoisotopic (exact) mass is 411 g/mol. The van der Waals surface area contributed by atoms with Gasteiger partial charge in [0.15, 0.2) is 0 Å². The van der Waals surface area contributed by atoms with Gasteiger partial charge in [-0.05, 0) is 74.3 Å². The molecule has 0 spiro atoms. The van der Waals surface area contributed by atoms with Crippen LogP contribution in [-0.2, 0) is 9.59 Å². The molecule has 4 aliphatic carbocycles. The maximum Gasteiger partial charge on any atom is 0.261 e. The van der Waals surface area contributed by atoms with Gasteiger partial charge in [0.2, 0.25) is 5.91 Å². The maximum atomic E-state index is 13.1. The predicted molar refractivity (Wildman–Crippen MR) is 114 cm³/mol. The lowest BCUT2D eigenvalue weighted by Crippen LogP contribution is -2.59. The standard InChI is InChI=1S/C24H33N3O3/c1-3-15(2)20(25-21(28)19-7-5-4-6-8-19)22(29)26-27-23(30)24-12-16-9-17(13-24)11-18(10-16)14-24/h4-8,15-18,20H,3,9-14H2,1-2H3,(H,25,28)(H,26,29)(H,27,30)/t15-,16?,17?,18?,20-,24?/m0/s1. The Balaban J connectivity index is 1.38. The summed E-state index contributed by atoms with van der Waals surface area (Å²) in [6, 6.07) is 8.15. The fourth-order valence-corrected chi connectivity index (χ4v) is 6.23. The number of carbonyl (C=O) groups excluding carboxylic acids is 3. The minimum atomic E-state index is -0.709. The Labute approximate surface area is 178 Å². The molecule has 0 aliphatic heterocycles. The van der Waals surface area contributed by atoms with E-state index < -0.39 is 6.04 Å². The van der Waals surface area contributed by atoms with Crippen LogP contribution in [-0.4, -0.2) is 23.8 Å². The lowest BCUT2D eigenvalue weighted by molar-refractivity contribution is -0.149. The molecule has 3 amide bonds. The van der Waals surface area contributed by atoms with Crippen LogP contribution < -0.4 is 16.2 Å². The molecule has 4 aliphatic rings. The van der Waals surface area contributed by atoms with Crippen molar-refractivity contribution < 1.29 is 14.4 Å². The van der Waals surface area contributed by atoms with E-state index in [1.54, 1.807) is 24.3 Å². The predicted octanol–water partition coefficient (Wildman–Crippen LogP) is 3.19. The van der Waals surface area contributed by atoms with Crippen molar-refractivity contribution in [3.05, 3.63) is 35.9 Å². The van der Waals surface area contributed by atoms with Crippen LogP contribution in [0.15, 0.2) is 30.3 Å². The highest BCUT2D eigenvalue weighted by Crippen LogP contribution is 2.60. The van der Waals surface area contributed by atoms with Crippen LogP contribution in [0, 0.1) is 29.1 Å². The number of nitrogens with one attached hydrogen (secondary N) is 3. The van der Waals surface area contributed by atoms with Gasteiger partial charge in [-0.1, -0.05) is 38.5 Å². The number of benzene rings is 1. The van der Waals surface area contributed by atoms with Crippen LogP contribution in [0.25, 0.3) is 0 Å². The summed E-state index contributed by atoms with van der Waals surface area (Å²) in [5, 5.41) is 2.84. The zero-order valence-corrected chi connectivity index (χ0v) is 17.9.